The molecule has 0 aliphatic carbocycles. The monoisotopic (exact) mass is 391 g/mol. The number of carbonyl (C=O) groups excluding carboxylic acids is 1. The van der Waals surface area contributed by atoms with Crippen LogP contribution in [0.15, 0.2) is 24.3 Å². The lowest BCUT2D eigenvalue weighted by Crippen LogP contribution is -2.41. The lowest BCUT2D eigenvalue weighted by atomic mass is 9.66. The number of anilines is 1. The lowest BCUT2D eigenvalue weighted by molar-refractivity contribution is -0.137. The predicted octanol–water partition coefficient (Wildman–Crippen LogP) is 4.22. The van der Waals surface area contributed by atoms with E-state index < -0.39 is 41.8 Å². The number of amides is 1. The van der Waals surface area contributed by atoms with Crippen molar-refractivity contribution in [1.29, 1.82) is 0 Å². The maximum atomic E-state index is 12.0. The van der Waals surface area contributed by atoms with E-state index in [0.717, 1.165) is 0 Å². The van der Waals surface area contributed by atoms with Crippen LogP contribution in [0.3, 0.4) is 0 Å². The number of aliphatic carboxylic acids is 1. The molecule has 0 aromatic heterocycles. The zero-order valence-electron chi connectivity index (χ0n) is 17.7. The van der Waals surface area contributed by atoms with Crippen LogP contribution in [-0.4, -0.2) is 41.1 Å². The standard InChI is InChI=1S/C20H30BNO6/c1-18(2,3)26-17(25)22-14-10-8-9-13(11-14)15(12-16(23)24)21-27-19(4,5)20(6,7)28-21/h8-11,15H,12H2,1-7H3,(H,22,25)(H,23,24). The first-order chi connectivity index (χ1) is 12.7. The Bertz CT molecular complexity index is 724. The smallest absolute Gasteiger partial charge is 0.466 e. The quantitative estimate of drug-likeness (QED) is 0.730. The molecule has 0 bridgehead atoms. The van der Waals surface area contributed by atoms with E-state index in [1.54, 1.807) is 45.0 Å². The van der Waals surface area contributed by atoms with Crippen LogP contribution in [0.4, 0.5) is 10.5 Å². The van der Waals surface area contributed by atoms with E-state index in [0.29, 0.717) is 11.3 Å². The maximum absolute atomic E-state index is 12.0. The molecule has 8 heteroatoms. The van der Waals surface area contributed by atoms with Crippen LogP contribution in [0.25, 0.3) is 0 Å². The predicted molar refractivity (Wildman–Crippen MR) is 107 cm³/mol. The zero-order chi connectivity index (χ0) is 21.3. The molecular weight excluding hydrogens is 361 g/mol. The van der Waals surface area contributed by atoms with Crippen LogP contribution in [0, 0.1) is 0 Å². The summed E-state index contributed by atoms with van der Waals surface area (Å²) in [4.78, 5) is 23.5. The van der Waals surface area contributed by atoms with Crippen LogP contribution in [0.5, 0.6) is 0 Å². The van der Waals surface area contributed by atoms with Gasteiger partial charge in [-0.25, -0.2) is 4.79 Å². The van der Waals surface area contributed by atoms with Crippen molar-refractivity contribution in [3.05, 3.63) is 29.8 Å². The second-order valence-electron chi connectivity index (χ2n) is 9.08. The molecule has 1 aromatic rings. The fraction of sp³-hybridized carbons (Fsp3) is 0.600. The Balaban J connectivity index is 2.26. The molecule has 1 atom stereocenters. The Kier molecular flexibility index (Phi) is 6.16. The SMILES string of the molecule is CC(C)(C)OC(=O)Nc1cccc(C(CC(=O)O)B2OC(C)(C)C(C)(C)O2)c1. The summed E-state index contributed by atoms with van der Waals surface area (Å²) in [5, 5.41) is 12.1. The van der Waals surface area contributed by atoms with Crippen molar-refractivity contribution in [2.75, 3.05) is 5.32 Å². The van der Waals surface area contributed by atoms with Crippen LogP contribution in [0.1, 0.15) is 66.3 Å². The van der Waals surface area contributed by atoms with Gasteiger partial charge in [0.2, 0.25) is 0 Å². The van der Waals surface area contributed by atoms with Crippen molar-refractivity contribution in [3.63, 3.8) is 0 Å². The second-order valence-corrected chi connectivity index (χ2v) is 9.08. The average molecular weight is 391 g/mol. The highest BCUT2D eigenvalue weighted by Gasteiger charge is 2.54. The molecule has 28 heavy (non-hydrogen) atoms. The van der Waals surface area contributed by atoms with E-state index in [9.17, 15) is 14.7 Å². The van der Waals surface area contributed by atoms with Gasteiger partial charge < -0.3 is 19.2 Å². The number of rotatable bonds is 5. The third-order valence-electron chi connectivity index (χ3n) is 4.95. The van der Waals surface area contributed by atoms with Crippen molar-refractivity contribution in [2.24, 2.45) is 0 Å². The average Bonchev–Trinajstić information content (AvgIpc) is 2.71. The minimum atomic E-state index is -0.954. The van der Waals surface area contributed by atoms with Crippen LogP contribution >= 0.6 is 0 Å². The molecule has 1 saturated heterocycles. The van der Waals surface area contributed by atoms with Gasteiger partial charge in [-0.05, 0) is 66.2 Å². The molecule has 0 saturated carbocycles. The molecular formula is C20H30BNO6. The fourth-order valence-electron chi connectivity index (χ4n) is 2.88. The number of hydrogen-bond donors (Lipinski definition) is 2. The maximum Gasteiger partial charge on any atom is 0.466 e. The van der Waals surface area contributed by atoms with Crippen LogP contribution in [0.2, 0.25) is 0 Å². The number of benzene rings is 1. The van der Waals surface area contributed by atoms with Gasteiger partial charge in [0.1, 0.15) is 5.60 Å². The number of carboxylic acids is 1. The number of carbonyl (C=O) groups is 2. The van der Waals surface area contributed by atoms with Crippen molar-refractivity contribution >= 4 is 24.9 Å². The summed E-state index contributed by atoms with van der Waals surface area (Å²) in [6, 6.07) is 7.00. The van der Waals surface area contributed by atoms with Gasteiger partial charge >= 0.3 is 19.2 Å². The van der Waals surface area contributed by atoms with Crippen molar-refractivity contribution < 1.29 is 28.7 Å². The molecule has 0 spiro atoms. The van der Waals surface area contributed by atoms with Gasteiger partial charge in [-0.1, -0.05) is 12.1 Å². The Morgan fingerprint density at radius 2 is 1.75 bits per heavy atom. The van der Waals surface area contributed by atoms with E-state index in [2.05, 4.69) is 5.32 Å². The molecule has 1 aromatic carbocycles. The van der Waals surface area contributed by atoms with E-state index in [-0.39, 0.29) is 6.42 Å². The first-order valence-corrected chi connectivity index (χ1v) is 9.37. The highest BCUT2D eigenvalue weighted by atomic mass is 16.7. The van der Waals surface area contributed by atoms with Crippen molar-refractivity contribution in [3.8, 4) is 0 Å². The number of ether oxygens (including phenoxy) is 1. The molecule has 7 nitrogen and oxygen atoms in total. The largest absolute Gasteiger partial charge is 0.481 e. The molecule has 1 aliphatic rings. The topological polar surface area (TPSA) is 94.1 Å². The summed E-state index contributed by atoms with van der Waals surface area (Å²) in [6.07, 6.45) is -0.734. The summed E-state index contributed by atoms with van der Waals surface area (Å²) in [5.74, 6) is -1.48. The van der Waals surface area contributed by atoms with Crippen molar-refractivity contribution in [1.82, 2.24) is 0 Å². The summed E-state index contributed by atoms with van der Waals surface area (Å²) in [5.41, 5.74) is -0.536. The molecule has 2 N–H and O–H groups in total. The van der Waals surface area contributed by atoms with Crippen molar-refractivity contribution in [2.45, 2.75) is 77.5 Å². The van der Waals surface area contributed by atoms with Gasteiger partial charge in [0.25, 0.3) is 0 Å². The minimum Gasteiger partial charge on any atom is -0.481 e. The zero-order valence-corrected chi connectivity index (χ0v) is 17.7. The first kappa shape index (κ1) is 22.2. The number of hydrogen-bond acceptors (Lipinski definition) is 5. The fourth-order valence-corrected chi connectivity index (χ4v) is 2.88. The summed E-state index contributed by atoms with van der Waals surface area (Å²) in [6.45, 7) is 13.0. The van der Waals surface area contributed by atoms with Gasteiger partial charge in [-0.3, -0.25) is 10.1 Å². The first-order valence-electron chi connectivity index (χ1n) is 9.37. The molecule has 1 heterocycles. The van der Waals surface area contributed by atoms with Crippen LogP contribution < -0.4 is 5.32 Å². The highest BCUT2D eigenvalue weighted by molar-refractivity contribution is 6.48. The summed E-state index contributed by atoms with van der Waals surface area (Å²) in [7, 11) is -0.710. The Morgan fingerprint density at radius 3 is 2.25 bits per heavy atom. The Hall–Kier alpha value is -2.06. The molecule has 1 aliphatic heterocycles. The third-order valence-corrected chi connectivity index (χ3v) is 4.95. The van der Waals surface area contributed by atoms with Crippen LogP contribution in [-0.2, 0) is 18.8 Å². The highest BCUT2D eigenvalue weighted by Crippen LogP contribution is 2.42. The van der Waals surface area contributed by atoms with Gasteiger partial charge in [0, 0.05) is 11.5 Å². The molecule has 154 valence electrons. The molecule has 0 radical (unpaired) electrons. The van der Waals surface area contributed by atoms with Gasteiger partial charge in [-0.2, -0.15) is 0 Å². The molecule has 1 amide bonds. The lowest BCUT2D eigenvalue weighted by Gasteiger charge is -2.32. The van der Waals surface area contributed by atoms with E-state index in [4.69, 9.17) is 14.0 Å². The number of nitrogens with one attached hydrogen (secondary N) is 1. The second kappa shape index (κ2) is 7.76. The Morgan fingerprint density at radius 1 is 1.18 bits per heavy atom. The van der Waals surface area contributed by atoms with Gasteiger partial charge in [0.05, 0.1) is 17.6 Å². The van der Waals surface area contributed by atoms with E-state index in [1.165, 1.54) is 0 Å². The molecule has 1 unspecified atom stereocenters. The normalized spacial score (nSPS) is 19.2. The van der Waals surface area contributed by atoms with E-state index in [1.807, 2.05) is 27.7 Å². The third kappa shape index (κ3) is 5.48. The van der Waals surface area contributed by atoms with Gasteiger partial charge in [0.15, 0.2) is 0 Å². The number of carboxylic acid groups (broad SMARTS) is 1. The van der Waals surface area contributed by atoms with Gasteiger partial charge in [-0.15, -0.1) is 0 Å². The summed E-state index contributed by atoms with van der Waals surface area (Å²) >= 11 is 0. The Labute approximate surface area is 166 Å². The summed E-state index contributed by atoms with van der Waals surface area (Å²) < 4.78 is 17.4. The molecule has 1 fully saturated rings. The van der Waals surface area contributed by atoms with E-state index >= 15 is 0 Å². The minimum absolute atomic E-state index is 0.160. The molecule has 2 rings (SSSR count).